The van der Waals surface area contributed by atoms with E-state index in [0.29, 0.717) is 22.9 Å². The molecule has 104 valence electrons. The monoisotopic (exact) mass is 288 g/mol. The molecule has 0 unspecified atom stereocenters. The zero-order valence-electron chi connectivity index (χ0n) is 11.4. The number of nitrogens with two attached hydrogens (primary N) is 1. The number of thiocarbonyl (C=S) groups is 1. The maximum atomic E-state index is 5.84. The van der Waals surface area contributed by atoms with Gasteiger partial charge in [0.2, 0.25) is 0 Å². The van der Waals surface area contributed by atoms with Crippen molar-refractivity contribution in [2.24, 2.45) is 5.73 Å². The number of aromatic nitrogens is 1. The lowest BCUT2D eigenvalue weighted by molar-refractivity contribution is 0.377. The largest absolute Gasteiger partial charge is 0.493 e. The van der Waals surface area contributed by atoms with Crippen molar-refractivity contribution in [2.75, 3.05) is 7.11 Å². The SMILES string of the molecule is CCc1ccc(Oc2cccnc2C(N)=S)c(OC)c1. The Labute approximate surface area is 123 Å². The lowest BCUT2D eigenvalue weighted by atomic mass is 10.1. The Morgan fingerprint density at radius 2 is 2.05 bits per heavy atom. The highest BCUT2D eigenvalue weighted by Gasteiger charge is 2.11. The van der Waals surface area contributed by atoms with Crippen molar-refractivity contribution in [3.05, 3.63) is 47.8 Å². The molecule has 0 saturated carbocycles. The summed E-state index contributed by atoms with van der Waals surface area (Å²) in [6.07, 6.45) is 2.56. The second kappa shape index (κ2) is 6.34. The Morgan fingerprint density at radius 3 is 2.70 bits per heavy atom. The van der Waals surface area contributed by atoms with E-state index in [1.807, 2.05) is 18.2 Å². The van der Waals surface area contributed by atoms with Crippen LogP contribution in [0.4, 0.5) is 0 Å². The quantitative estimate of drug-likeness (QED) is 0.857. The van der Waals surface area contributed by atoms with Crippen LogP contribution in [0.5, 0.6) is 17.2 Å². The first kappa shape index (κ1) is 14.3. The minimum Gasteiger partial charge on any atom is -0.493 e. The van der Waals surface area contributed by atoms with Crippen molar-refractivity contribution >= 4 is 17.2 Å². The van der Waals surface area contributed by atoms with Crippen LogP contribution in [0, 0.1) is 0 Å². The Kier molecular flexibility index (Phi) is 4.53. The molecule has 0 atom stereocenters. The van der Waals surface area contributed by atoms with E-state index in [1.54, 1.807) is 25.4 Å². The Morgan fingerprint density at radius 1 is 1.25 bits per heavy atom. The van der Waals surface area contributed by atoms with Gasteiger partial charge in [0.15, 0.2) is 17.2 Å². The summed E-state index contributed by atoms with van der Waals surface area (Å²) in [6, 6.07) is 9.35. The highest BCUT2D eigenvalue weighted by Crippen LogP contribution is 2.33. The summed E-state index contributed by atoms with van der Waals surface area (Å²) >= 11 is 4.97. The fraction of sp³-hybridized carbons (Fsp3) is 0.200. The highest BCUT2D eigenvalue weighted by atomic mass is 32.1. The summed E-state index contributed by atoms with van der Waals surface area (Å²) in [5, 5.41) is 0. The molecule has 5 heteroatoms. The fourth-order valence-electron chi connectivity index (χ4n) is 1.79. The Bertz CT molecular complexity index is 629. The van der Waals surface area contributed by atoms with Gasteiger partial charge in [0.1, 0.15) is 10.7 Å². The Hall–Kier alpha value is -2.14. The van der Waals surface area contributed by atoms with Crippen LogP contribution in [0.3, 0.4) is 0 Å². The zero-order chi connectivity index (χ0) is 14.5. The molecule has 0 amide bonds. The third-order valence-electron chi connectivity index (χ3n) is 2.86. The summed E-state index contributed by atoms with van der Waals surface area (Å²) in [7, 11) is 1.61. The molecule has 2 aromatic rings. The molecule has 0 aliphatic heterocycles. The summed E-state index contributed by atoms with van der Waals surface area (Å²) in [5.41, 5.74) is 7.28. The van der Waals surface area contributed by atoms with E-state index in [0.717, 1.165) is 6.42 Å². The van der Waals surface area contributed by atoms with Crippen molar-refractivity contribution in [3.63, 3.8) is 0 Å². The summed E-state index contributed by atoms with van der Waals surface area (Å²) in [6.45, 7) is 2.08. The van der Waals surface area contributed by atoms with Crippen LogP contribution in [-0.4, -0.2) is 17.1 Å². The van der Waals surface area contributed by atoms with Gasteiger partial charge in [-0.2, -0.15) is 0 Å². The minimum absolute atomic E-state index is 0.199. The number of hydrogen-bond acceptors (Lipinski definition) is 4. The number of pyridine rings is 1. The van der Waals surface area contributed by atoms with Crippen LogP contribution in [0.25, 0.3) is 0 Å². The van der Waals surface area contributed by atoms with E-state index in [4.69, 9.17) is 27.4 Å². The lowest BCUT2D eigenvalue weighted by Gasteiger charge is -2.13. The second-order valence-corrected chi connectivity index (χ2v) is 4.60. The van der Waals surface area contributed by atoms with Gasteiger partial charge in [-0.1, -0.05) is 25.2 Å². The van der Waals surface area contributed by atoms with Crippen LogP contribution in [0.2, 0.25) is 0 Å². The summed E-state index contributed by atoms with van der Waals surface area (Å²) < 4.78 is 11.2. The molecule has 0 aliphatic carbocycles. The number of hydrogen-bond donors (Lipinski definition) is 1. The number of rotatable bonds is 5. The third kappa shape index (κ3) is 3.05. The van der Waals surface area contributed by atoms with E-state index in [2.05, 4.69) is 11.9 Å². The average molecular weight is 288 g/mol. The van der Waals surface area contributed by atoms with E-state index in [1.165, 1.54) is 5.56 Å². The molecule has 0 aliphatic rings. The molecule has 1 aromatic carbocycles. The number of ether oxygens (including phenoxy) is 2. The highest BCUT2D eigenvalue weighted by molar-refractivity contribution is 7.80. The molecule has 0 spiro atoms. The molecular formula is C15H16N2O2S. The van der Waals surface area contributed by atoms with Gasteiger partial charge in [0.25, 0.3) is 0 Å². The molecule has 0 radical (unpaired) electrons. The van der Waals surface area contributed by atoms with Gasteiger partial charge in [-0.25, -0.2) is 4.98 Å². The van der Waals surface area contributed by atoms with Crippen molar-refractivity contribution in [3.8, 4) is 17.2 Å². The van der Waals surface area contributed by atoms with Crippen LogP contribution >= 0.6 is 12.2 Å². The minimum atomic E-state index is 0.199. The molecule has 4 nitrogen and oxygen atoms in total. The van der Waals surface area contributed by atoms with E-state index in [9.17, 15) is 0 Å². The molecule has 20 heavy (non-hydrogen) atoms. The van der Waals surface area contributed by atoms with Gasteiger partial charge in [-0.15, -0.1) is 0 Å². The Balaban J connectivity index is 2.37. The molecule has 0 bridgehead atoms. The smallest absolute Gasteiger partial charge is 0.169 e. The molecule has 2 N–H and O–H groups in total. The molecular weight excluding hydrogens is 272 g/mol. The first-order valence-corrected chi connectivity index (χ1v) is 6.66. The van der Waals surface area contributed by atoms with Crippen LogP contribution in [-0.2, 0) is 6.42 Å². The fourth-order valence-corrected chi connectivity index (χ4v) is 1.95. The molecule has 0 saturated heterocycles. The average Bonchev–Trinajstić information content (AvgIpc) is 2.48. The van der Waals surface area contributed by atoms with Crippen LogP contribution < -0.4 is 15.2 Å². The predicted molar refractivity (Wildman–Crippen MR) is 82.6 cm³/mol. The molecule has 2 rings (SSSR count). The first-order chi connectivity index (χ1) is 9.65. The van der Waals surface area contributed by atoms with Crippen molar-refractivity contribution in [1.29, 1.82) is 0 Å². The maximum Gasteiger partial charge on any atom is 0.169 e. The van der Waals surface area contributed by atoms with Crippen LogP contribution in [0.15, 0.2) is 36.5 Å². The molecule has 1 heterocycles. The topological polar surface area (TPSA) is 57.4 Å². The standard InChI is InChI=1S/C15H16N2O2S/c1-3-10-6-7-11(13(9-10)18-2)19-12-5-4-8-17-14(12)15(16)20/h4-9H,3H2,1-2H3,(H2,16,20). The molecule has 1 aromatic heterocycles. The van der Waals surface area contributed by atoms with Gasteiger partial charge in [-0.3, -0.25) is 0 Å². The predicted octanol–water partition coefficient (Wildman–Crippen LogP) is 3.08. The van der Waals surface area contributed by atoms with Crippen molar-refractivity contribution in [2.45, 2.75) is 13.3 Å². The van der Waals surface area contributed by atoms with Gasteiger partial charge in [-0.05, 0) is 36.2 Å². The van der Waals surface area contributed by atoms with Gasteiger partial charge in [0.05, 0.1) is 7.11 Å². The van der Waals surface area contributed by atoms with E-state index in [-0.39, 0.29) is 4.99 Å². The number of methoxy groups -OCH3 is 1. The number of nitrogens with zero attached hydrogens (tertiary/aromatic N) is 1. The maximum absolute atomic E-state index is 5.84. The number of benzene rings is 1. The van der Waals surface area contributed by atoms with Gasteiger partial charge < -0.3 is 15.2 Å². The van der Waals surface area contributed by atoms with E-state index < -0.39 is 0 Å². The van der Waals surface area contributed by atoms with Crippen molar-refractivity contribution in [1.82, 2.24) is 4.98 Å². The summed E-state index contributed by atoms with van der Waals surface area (Å²) in [4.78, 5) is 4.33. The van der Waals surface area contributed by atoms with Crippen molar-refractivity contribution < 1.29 is 9.47 Å². The lowest BCUT2D eigenvalue weighted by Crippen LogP contribution is -2.12. The summed E-state index contributed by atoms with van der Waals surface area (Å²) in [5.74, 6) is 1.79. The van der Waals surface area contributed by atoms with Gasteiger partial charge in [0, 0.05) is 6.20 Å². The second-order valence-electron chi connectivity index (χ2n) is 4.16. The third-order valence-corrected chi connectivity index (χ3v) is 3.05. The van der Waals surface area contributed by atoms with E-state index >= 15 is 0 Å². The first-order valence-electron chi connectivity index (χ1n) is 6.25. The molecule has 0 fully saturated rings. The zero-order valence-corrected chi connectivity index (χ0v) is 12.2. The van der Waals surface area contributed by atoms with Crippen LogP contribution in [0.1, 0.15) is 18.2 Å². The number of aryl methyl sites for hydroxylation is 1. The van der Waals surface area contributed by atoms with Gasteiger partial charge >= 0.3 is 0 Å². The normalized spacial score (nSPS) is 10.1.